The van der Waals surface area contributed by atoms with Crippen molar-refractivity contribution in [2.75, 3.05) is 0 Å². The van der Waals surface area contributed by atoms with Crippen molar-refractivity contribution in [3.63, 3.8) is 0 Å². The van der Waals surface area contributed by atoms with Crippen molar-refractivity contribution in [3.05, 3.63) is 88.2 Å². The van der Waals surface area contributed by atoms with Gasteiger partial charge in [0.1, 0.15) is 11.4 Å². The highest BCUT2D eigenvalue weighted by atomic mass is 32.2. The van der Waals surface area contributed by atoms with Gasteiger partial charge >= 0.3 is 5.91 Å². The number of thioether (sulfide) groups is 1. The number of benzene rings is 2. The van der Waals surface area contributed by atoms with Gasteiger partial charge in [0.2, 0.25) is 0 Å². The number of fused-ring (bicyclic) bond motifs is 1. The Morgan fingerprint density at radius 3 is 2.30 bits per heavy atom. The monoisotopic (exact) mass is 464 g/mol. The van der Waals surface area contributed by atoms with Crippen LogP contribution in [-0.4, -0.2) is 21.8 Å². The fourth-order valence-corrected chi connectivity index (χ4v) is 4.22. The minimum atomic E-state index is -0.626. The van der Waals surface area contributed by atoms with Gasteiger partial charge in [0.05, 0.1) is 0 Å². The lowest BCUT2D eigenvalue weighted by Crippen LogP contribution is -2.41. The Balaban J connectivity index is 1.35. The lowest BCUT2D eigenvalue weighted by Gasteiger charge is -2.07. The van der Waals surface area contributed by atoms with Crippen LogP contribution in [0.15, 0.2) is 58.1 Å². The number of hydrogen-bond acceptors (Lipinski definition) is 6. The van der Waals surface area contributed by atoms with Crippen molar-refractivity contribution in [3.8, 4) is 0 Å². The van der Waals surface area contributed by atoms with Crippen molar-refractivity contribution >= 4 is 34.5 Å². The van der Waals surface area contributed by atoms with Crippen LogP contribution in [0.2, 0.25) is 0 Å². The van der Waals surface area contributed by atoms with Crippen LogP contribution in [0.4, 0.5) is 4.39 Å². The van der Waals surface area contributed by atoms with Crippen LogP contribution in [0, 0.1) is 26.6 Å². The first-order valence-corrected chi connectivity index (χ1v) is 11.1. The van der Waals surface area contributed by atoms with Gasteiger partial charge in [0.15, 0.2) is 10.9 Å². The summed E-state index contributed by atoms with van der Waals surface area (Å²) in [6.07, 6.45) is 0. The van der Waals surface area contributed by atoms with Gasteiger partial charge in [-0.1, -0.05) is 23.9 Å². The van der Waals surface area contributed by atoms with E-state index in [0.717, 1.165) is 17.0 Å². The smallest absolute Gasteiger partial charge is 0.305 e. The Hall–Kier alpha value is -3.72. The second kappa shape index (κ2) is 9.41. The molecule has 0 bridgehead atoms. The van der Waals surface area contributed by atoms with Gasteiger partial charge in [-0.25, -0.2) is 14.4 Å². The van der Waals surface area contributed by atoms with Gasteiger partial charge in [0, 0.05) is 33.7 Å². The van der Waals surface area contributed by atoms with Crippen LogP contribution in [-0.2, 0) is 5.75 Å². The molecule has 0 saturated heterocycles. The summed E-state index contributed by atoms with van der Waals surface area (Å²) in [6.45, 7) is 5.52. The summed E-state index contributed by atoms with van der Waals surface area (Å²) in [5.74, 6) is -0.848. The zero-order valence-corrected chi connectivity index (χ0v) is 19.0. The number of hydrogen-bond donors (Lipinski definition) is 2. The third-order valence-electron chi connectivity index (χ3n) is 4.94. The zero-order valence-electron chi connectivity index (χ0n) is 18.2. The van der Waals surface area contributed by atoms with Crippen LogP contribution in [0.25, 0.3) is 11.0 Å². The van der Waals surface area contributed by atoms with Crippen molar-refractivity contribution in [1.82, 2.24) is 20.8 Å². The molecule has 4 aromatic rings. The number of furan rings is 1. The molecule has 0 unspecified atom stereocenters. The van der Waals surface area contributed by atoms with Crippen LogP contribution in [0.3, 0.4) is 0 Å². The van der Waals surface area contributed by atoms with E-state index in [0.29, 0.717) is 33.0 Å². The lowest BCUT2D eigenvalue weighted by atomic mass is 10.1. The highest BCUT2D eigenvalue weighted by molar-refractivity contribution is 7.98. The van der Waals surface area contributed by atoms with Crippen molar-refractivity contribution in [2.24, 2.45) is 0 Å². The summed E-state index contributed by atoms with van der Waals surface area (Å²) >= 11 is 1.52. The molecule has 0 saturated carbocycles. The fourth-order valence-electron chi connectivity index (χ4n) is 3.31. The maximum absolute atomic E-state index is 13.5. The van der Waals surface area contributed by atoms with E-state index in [4.69, 9.17) is 4.42 Å². The second-order valence-electron chi connectivity index (χ2n) is 7.52. The van der Waals surface area contributed by atoms with E-state index in [-0.39, 0.29) is 5.76 Å². The molecular formula is C24H21FN4O3S. The van der Waals surface area contributed by atoms with Crippen molar-refractivity contribution in [2.45, 2.75) is 31.7 Å². The summed E-state index contributed by atoms with van der Waals surface area (Å²) in [5.41, 5.74) is 8.83. The number of halogens is 1. The van der Waals surface area contributed by atoms with Gasteiger partial charge in [0.25, 0.3) is 5.91 Å². The Bertz CT molecular complexity index is 1330. The maximum atomic E-state index is 13.5. The highest BCUT2D eigenvalue weighted by Gasteiger charge is 2.19. The summed E-state index contributed by atoms with van der Waals surface area (Å²) in [4.78, 5) is 33.7. The van der Waals surface area contributed by atoms with Gasteiger partial charge in [-0.05, 0) is 62.7 Å². The zero-order chi connectivity index (χ0) is 23.5. The Morgan fingerprint density at radius 1 is 0.939 bits per heavy atom. The molecule has 0 aliphatic rings. The largest absolute Gasteiger partial charge is 0.451 e. The molecule has 0 radical (unpaired) electrons. The van der Waals surface area contributed by atoms with Crippen LogP contribution < -0.4 is 10.9 Å². The standard InChI is InChI=1S/C24H21FN4O3S/c1-13-10-14(2)27-24(26-13)33-12-16-4-6-17(7-5-16)22(30)28-29-23(31)21-15(3)19-11-18(25)8-9-20(19)32-21/h4-11H,12H2,1-3H3,(H,28,30)(H,29,31). The quantitative estimate of drug-likeness (QED) is 0.253. The average molecular weight is 465 g/mol. The minimum Gasteiger partial charge on any atom is -0.451 e. The van der Waals surface area contributed by atoms with Gasteiger partial charge in [-0.3, -0.25) is 20.4 Å². The second-order valence-corrected chi connectivity index (χ2v) is 8.47. The third kappa shape index (κ3) is 5.20. The van der Waals surface area contributed by atoms with E-state index in [9.17, 15) is 14.0 Å². The van der Waals surface area contributed by atoms with Gasteiger partial charge in [-0.2, -0.15) is 0 Å². The first-order valence-electron chi connectivity index (χ1n) is 10.1. The average Bonchev–Trinajstić information content (AvgIpc) is 3.11. The number of carbonyl (C=O) groups excluding carboxylic acids is 2. The molecule has 2 amide bonds. The highest BCUT2D eigenvalue weighted by Crippen LogP contribution is 2.26. The SMILES string of the molecule is Cc1cc(C)nc(SCc2ccc(C(=O)NNC(=O)c3oc4ccc(F)cc4c3C)cc2)n1. The number of aromatic nitrogens is 2. The number of nitrogens with one attached hydrogen (secondary N) is 2. The number of aryl methyl sites for hydroxylation is 3. The minimum absolute atomic E-state index is 0.0110. The molecule has 2 N–H and O–H groups in total. The van der Waals surface area contributed by atoms with Crippen molar-refractivity contribution in [1.29, 1.82) is 0 Å². The van der Waals surface area contributed by atoms with E-state index < -0.39 is 17.6 Å². The Labute approximate surface area is 193 Å². The van der Waals surface area contributed by atoms with Gasteiger partial charge < -0.3 is 4.42 Å². The molecule has 0 atom stereocenters. The first kappa shape index (κ1) is 22.5. The number of amides is 2. The van der Waals surface area contributed by atoms with E-state index in [1.165, 1.54) is 30.0 Å². The van der Waals surface area contributed by atoms with Crippen molar-refractivity contribution < 1.29 is 18.4 Å². The van der Waals surface area contributed by atoms with Gasteiger partial charge in [-0.15, -0.1) is 0 Å². The van der Waals surface area contributed by atoms with E-state index in [1.54, 1.807) is 19.1 Å². The third-order valence-corrected chi connectivity index (χ3v) is 5.86. The Kier molecular flexibility index (Phi) is 6.41. The molecule has 4 rings (SSSR count). The van der Waals surface area contributed by atoms with E-state index in [1.807, 2.05) is 32.0 Å². The van der Waals surface area contributed by atoms with E-state index in [2.05, 4.69) is 20.8 Å². The summed E-state index contributed by atoms with van der Waals surface area (Å²) in [6, 6.07) is 13.0. The molecule has 168 valence electrons. The summed E-state index contributed by atoms with van der Waals surface area (Å²) in [5, 5.41) is 1.21. The van der Waals surface area contributed by atoms with Crippen LogP contribution in [0.1, 0.15) is 43.4 Å². The van der Waals surface area contributed by atoms with Crippen LogP contribution in [0.5, 0.6) is 0 Å². The fraction of sp³-hybridized carbons (Fsp3) is 0.167. The molecule has 9 heteroatoms. The first-order chi connectivity index (χ1) is 15.8. The molecule has 0 spiro atoms. The Morgan fingerprint density at radius 2 is 1.61 bits per heavy atom. The molecular weight excluding hydrogens is 443 g/mol. The number of carbonyl (C=O) groups is 2. The number of hydrazine groups is 1. The molecule has 0 aliphatic heterocycles. The molecule has 7 nitrogen and oxygen atoms in total. The summed E-state index contributed by atoms with van der Waals surface area (Å²) < 4.78 is 19.0. The molecule has 2 aromatic heterocycles. The van der Waals surface area contributed by atoms with E-state index >= 15 is 0 Å². The molecule has 2 heterocycles. The maximum Gasteiger partial charge on any atom is 0.305 e. The normalized spacial score (nSPS) is 10.9. The number of rotatable bonds is 5. The molecule has 33 heavy (non-hydrogen) atoms. The topological polar surface area (TPSA) is 97.1 Å². The molecule has 2 aromatic carbocycles. The lowest BCUT2D eigenvalue weighted by molar-refractivity contribution is 0.0831. The molecule has 0 fully saturated rings. The number of nitrogens with zero attached hydrogens (tertiary/aromatic N) is 2. The predicted molar refractivity (Wildman–Crippen MR) is 123 cm³/mol. The predicted octanol–water partition coefficient (Wildman–Crippen LogP) is 4.65. The van der Waals surface area contributed by atoms with Crippen LogP contribution >= 0.6 is 11.8 Å². The summed E-state index contributed by atoms with van der Waals surface area (Å²) in [7, 11) is 0. The molecule has 0 aliphatic carbocycles.